The second-order valence-electron chi connectivity index (χ2n) is 6.93. The summed E-state index contributed by atoms with van der Waals surface area (Å²) in [5, 5.41) is 2.68. The predicted octanol–water partition coefficient (Wildman–Crippen LogP) is 3.60. The highest BCUT2D eigenvalue weighted by molar-refractivity contribution is 5.92. The fourth-order valence-corrected chi connectivity index (χ4v) is 3.78. The lowest BCUT2D eigenvalue weighted by Gasteiger charge is -2.27. The van der Waals surface area contributed by atoms with Crippen molar-refractivity contribution in [3.05, 3.63) is 64.7 Å². The quantitative estimate of drug-likeness (QED) is 0.827. The standard InChI is InChI=1S/C21H23N3O2/c1-24-10-8-14(9-11-24)20-17-5-3-2-4-15(17)13-26-19-7-6-16(12-18(19)20)23-21(22)25/h2-7,12H,8-11,13H2,1H3,(H3,22,23,25). The minimum Gasteiger partial charge on any atom is -0.488 e. The van der Waals surface area contributed by atoms with Crippen LogP contribution in [0, 0.1) is 0 Å². The number of benzene rings is 2. The largest absolute Gasteiger partial charge is 0.488 e. The van der Waals surface area contributed by atoms with Crippen LogP contribution < -0.4 is 15.8 Å². The number of primary amides is 1. The van der Waals surface area contributed by atoms with Crippen molar-refractivity contribution in [1.29, 1.82) is 0 Å². The Bertz CT molecular complexity index is 879. The number of piperidine rings is 1. The van der Waals surface area contributed by atoms with E-state index in [1.165, 1.54) is 22.3 Å². The molecule has 0 unspecified atom stereocenters. The van der Waals surface area contributed by atoms with Gasteiger partial charge in [0, 0.05) is 24.3 Å². The van der Waals surface area contributed by atoms with Crippen LogP contribution in [0.25, 0.3) is 5.57 Å². The molecule has 2 aromatic carbocycles. The molecule has 2 amide bonds. The first-order valence-electron chi connectivity index (χ1n) is 8.94. The number of likely N-dealkylation sites (tertiary alicyclic amines) is 1. The van der Waals surface area contributed by atoms with Crippen LogP contribution in [-0.4, -0.2) is 31.1 Å². The van der Waals surface area contributed by atoms with E-state index in [1.54, 1.807) is 0 Å². The summed E-state index contributed by atoms with van der Waals surface area (Å²) in [6.07, 6.45) is 2.07. The smallest absolute Gasteiger partial charge is 0.316 e. The number of anilines is 1. The number of carbonyl (C=O) groups excluding carboxylic acids is 1. The molecule has 0 aliphatic carbocycles. The molecule has 4 rings (SSSR count). The van der Waals surface area contributed by atoms with Gasteiger partial charge in [-0.15, -0.1) is 0 Å². The number of ether oxygens (including phenoxy) is 1. The third-order valence-corrected chi connectivity index (χ3v) is 5.13. The molecule has 2 aromatic rings. The Kier molecular flexibility index (Phi) is 4.39. The molecule has 0 bridgehead atoms. The van der Waals surface area contributed by atoms with E-state index in [4.69, 9.17) is 10.5 Å². The SMILES string of the molecule is CN1CCC(=C2c3ccccc3COc3ccc(NC(N)=O)cc32)CC1. The molecule has 0 saturated carbocycles. The first-order valence-corrected chi connectivity index (χ1v) is 8.94. The molecule has 26 heavy (non-hydrogen) atoms. The number of rotatable bonds is 1. The lowest BCUT2D eigenvalue weighted by molar-refractivity contribution is 0.259. The normalized spacial score (nSPS) is 17.0. The number of fused-ring (bicyclic) bond motifs is 2. The van der Waals surface area contributed by atoms with E-state index in [2.05, 4.69) is 41.5 Å². The van der Waals surface area contributed by atoms with Crippen molar-refractivity contribution in [3.8, 4) is 5.75 Å². The van der Waals surface area contributed by atoms with Gasteiger partial charge in [0.2, 0.25) is 0 Å². The van der Waals surface area contributed by atoms with Crippen molar-refractivity contribution in [3.63, 3.8) is 0 Å². The molecule has 5 nitrogen and oxygen atoms in total. The van der Waals surface area contributed by atoms with Gasteiger partial charge in [-0.25, -0.2) is 4.79 Å². The van der Waals surface area contributed by atoms with Crippen molar-refractivity contribution in [2.24, 2.45) is 5.73 Å². The molecule has 1 saturated heterocycles. The van der Waals surface area contributed by atoms with Gasteiger partial charge in [-0.2, -0.15) is 0 Å². The van der Waals surface area contributed by atoms with Gasteiger partial charge < -0.3 is 20.7 Å². The zero-order chi connectivity index (χ0) is 18.1. The summed E-state index contributed by atoms with van der Waals surface area (Å²) in [6.45, 7) is 2.65. The van der Waals surface area contributed by atoms with E-state index < -0.39 is 6.03 Å². The minimum atomic E-state index is -0.562. The average Bonchev–Trinajstić information content (AvgIpc) is 2.79. The lowest BCUT2D eigenvalue weighted by Crippen LogP contribution is -2.27. The first-order chi connectivity index (χ1) is 12.6. The lowest BCUT2D eigenvalue weighted by atomic mass is 9.86. The van der Waals surface area contributed by atoms with Crippen LogP contribution in [0.1, 0.15) is 29.5 Å². The monoisotopic (exact) mass is 349 g/mol. The number of carbonyl (C=O) groups is 1. The van der Waals surface area contributed by atoms with Crippen LogP contribution >= 0.6 is 0 Å². The summed E-state index contributed by atoms with van der Waals surface area (Å²) in [4.78, 5) is 13.6. The van der Waals surface area contributed by atoms with Gasteiger partial charge in [-0.05, 0) is 54.8 Å². The molecule has 3 N–H and O–H groups in total. The Morgan fingerprint density at radius 3 is 2.65 bits per heavy atom. The molecule has 2 heterocycles. The summed E-state index contributed by atoms with van der Waals surface area (Å²) in [5.74, 6) is 0.845. The molecule has 134 valence electrons. The zero-order valence-corrected chi connectivity index (χ0v) is 14.9. The van der Waals surface area contributed by atoms with Crippen LogP contribution in [0.15, 0.2) is 48.0 Å². The van der Waals surface area contributed by atoms with Crippen LogP contribution in [0.5, 0.6) is 5.75 Å². The molecular formula is C21H23N3O2. The van der Waals surface area contributed by atoms with E-state index in [1.807, 2.05) is 18.2 Å². The van der Waals surface area contributed by atoms with Crippen molar-refractivity contribution in [2.45, 2.75) is 19.4 Å². The number of urea groups is 1. The Balaban J connectivity index is 1.90. The van der Waals surface area contributed by atoms with E-state index in [0.717, 1.165) is 37.2 Å². The second kappa shape index (κ2) is 6.84. The van der Waals surface area contributed by atoms with Crippen LogP contribution in [0.2, 0.25) is 0 Å². The van der Waals surface area contributed by atoms with Crippen LogP contribution in [0.4, 0.5) is 10.5 Å². The molecule has 2 aliphatic rings. The van der Waals surface area contributed by atoms with Gasteiger partial charge in [-0.1, -0.05) is 29.8 Å². The summed E-state index contributed by atoms with van der Waals surface area (Å²) >= 11 is 0. The molecule has 0 aromatic heterocycles. The summed E-state index contributed by atoms with van der Waals surface area (Å²) in [7, 11) is 2.16. The second-order valence-corrected chi connectivity index (χ2v) is 6.93. The van der Waals surface area contributed by atoms with Crippen molar-refractivity contribution in [2.75, 3.05) is 25.5 Å². The first kappa shape index (κ1) is 16.7. The molecule has 0 atom stereocenters. The van der Waals surface area contributed by atoms with Gasteiger partial charge in [0.15, 0.2) is 0 Å². The van der Waals surface area contributed by atoms with Crippen LogP contribution in [-0.2, 0) is 6.61 Å². The van der Waals surface area contributed by atoms with E-state index >= 15 is 0 Å². The number of nitrogens with two attached hydrogens (primary N) is 1. The third-order valence-electron chi connectivity index (χ3n) is 5.13. The fourth-order valence-electron chi connectivity index (χ4n) is 3.78. The third kappa shape index (κ3) is 3.18. The predicted molar refractivity (Wildman–Crippen MR) is 103 cm³/mol. The van der Waals surface area contributed by atoms with Gasteiger partial charge in [0.25, 0.3) is 0 Å². The van der Waals surface area contributed by atoms with Crippen LogP contribution in [0.3, 0.4) is 0 Å². The molecule has 1 fully saturated rings. The Morgan fingerprint density at radius 2 is 1.88 bits per heavy atom. The maximum absolute atomic E-state index is 11.3. The summed E-state index contributed by atoms with van der Waals surface area (Å²) in [6, 6.07) is 13.6. The fraction of sp³-hybridized carbons (Fsp3) is 0.286. The van der Waals surface area contributed by atoms with E-state index in [0.29, 0.717) is 12.3 Å². The molecular weight excluding hydrogens is 326 g/mol. The summed E-state index contributed by atoms with van der Waals surface area (Å²) < 4.78 is 6.09. The van der Waals surface area contributed by atoms with Gasteiger partial charge in [-0.3, -0.25) is 0 Å². The van der Waals surface area contributed by atoms with Gasteiger partial charge in [0.05, 0.1) is 0 Å². The molecule has 2 aliphatic heterocycles. The highest BCUT2D eigenvalue weighted by Crippen LogP contribution is 2.41. The number of hydrogen-bond acceptors (Lipinski definition) is 3. The number of amides is 2. The van der Waals surface area contributed by atoms with Crippen molar-refractivity contribution < 1.29 is 9.53 Å². The van der Waals surface area contributed by atoms with Crippen molar-refractivity contribution in [1.82, 2.24) is 4.90 Å². The Labute approximate surface area is 153 Å². The highest BCUT2D eigenvalue weighted by Gasteiger charge is 2.24. The topological polar surface area (TPSA) is 67.6 Å². The molecule has 0 radical (unpaired) electrons. The average molecular weight is 349 g/mol. The zero-order valence-electron chi connectivity index (χ0n) is 14.9. The minimum absolute atomic E-state index is 0.544. The number of hydrogen-bond donors (Lipinski definition) is 2. The summed E-state index contributed by atoms with van der Waals surface area (Å²) in [5.41, 5.74) is 12.1. The maximum atomic E-state index is 11.3. The number of nitrogens with zero attached hydrogens (tertiary/aromatic N) is 1. The van der Waals surface area contributed by atoms with Gasteiger partial charge >= 0.3 is 6.03 Å². The molecule has 0 spiro atoms. The van der Waals surface area contributed by atoms with E-state index in [9.17, 15) is 4.79 Å². The highest BCUT2D eigenvalue weighted by atomic mass is 16.5. The maximum Gasteiger partial charge on any atom is 0.316 e. The Morgan fingerprint density at radius 1 is 1.12 bits per heavy atom. The van der Waals surface area contributed by atoms with Crippen molar-refractivity contribution >= 4 is 17.3 Å². The van der Waals surface area contributed by atoms with Gasteiger partial charge in [0.1, 0.15) is 12.4 Å². The molecule has 5 heteroatoms. The number of nitrogens with one attached hydrogen (secondary N) is 1. The Hall–Kier alpha value is -2.79. The van der Waals surface area contributed by atoms with E-state index in [-0.39, 0.29) is 0 Å².